The van der Waals surface area contributed by atoms with E-state index in [2.05, 4.69) is 0 Å². The quantitative estimate of drug-likeness (QED) is 0.854. The fraction of sp³-hybridized carbons (Fsp3) is 0.429. The van der Waals surface area contributed by atoms with Crippen LogP contribution >= 0.6 is 0 Å². The van der Waals surface area contributed by atoms with Crippen LogP contribution in [0.25, 0.3) is 0 Å². The van der Waals surface area contributed by atoms with Gasteiger partial charge in [0.05, 0.1) is 13.2 Å². The first kappa shape index (κ1) is 16.3. The molecule has 1 heterocycles. The molecule has 1 aromatic rings. The van der Waals surface area contributed by atoms with Crippen LogP contribution in [0.2, 0.25) is 0 Å². The van der Waals surface area contributed by atoms with Gasteiger partial charge in [0, 0.05) is 11.1 Å². The Labute approximate surface area is 124 Å². The van der Waals surface area contributed by atoms with Crippen LogP contribution in [-0.4, -0.2) is 47.8 Å². The topological polar surface area (TPSA) is 66.8 Å². The molecule has 0 saturated carbocycles. The summed E-state index contributed by atoms with van der Waals surface area (Å²) in [6.45, 7) is -1.25. The normalized spacial score (nSPS) is 21.0. The second-order valence-electron chi connectivity index (χ2n) is 4.79. The second kappa shape index (κ2) is 5.60. The number of carbonyl (C=O) groups excluding carboxylic acids is 2. The third kappa shape index (κ3) is 2.43. The van der Waals surface area contributed by atoms with Gasteiger partial charge in [0.15, 0.2) is 5.54 Å². The van der Waals surface area contributed by atoms with Gasteiger partial charge in [-0.15, -0.1) is 0 Å². The Bertz CT molecular complexity index is 602. The van der Waals surface area contributed by atoms with Crippen molar-refractivity contribution in [2.45, 2.75) is 18.6 Å². The summed E-state index contributed by atoms with van der Waals surface area (Å²) in [5.41, 5.74) is -2.20. The standard InChI is InChI=1S/C14H14F3NO4/c1-2-22-12(21)13(8-19)10-6-4-3-5-9(10)11(20)18(13)7-14(15,16)17/h3-6,19H,2,7-8H2,1H3. The van der Waals surface area contributed by atoms with Gasteiger partial charge < -0.3 is 14.7 Å². The first-order chi connectivity index (χ1) is 10.3. The molecule has 0 radical (unpaired) electrons. The number of hydrogen-bond donors (Lipinski definition) is 1. The van der Waals surface area contributed by atoms with Crippen molar-refractivity contribution in [1.29, 1.82) is 0 Å². The Morgan fingerprint density at radius 2 is 2.00 bits per heavy atom. The zero-order valence-corrected chi connectivity index (χ0v) is 11.7. The SMILES string of the molecule is CCOC(=O)C1(CO)c2ccccc2C(=O)N1CC(F)(F)F. The predicted octanol–water partition coefficient (Wildman–Crippen LogP) is 1.46. The van der Waals surface area contributed by atoms with Gasteiger partial charge in [0.1, 0.15) is 6.54 Å². The Kier molecular flexibility index (Phi) is 4.15. The van der Waals surface area contributed by atoms with Crippen LogP contribution in [0.1, 0.15) is 22.8 Å². The molecular formula is C14H14F3NO4. The fourth-order valence-electron chi connectivity index (χ4n) is 2.59. The van der Waals surface area contributed by atoms with E-state index in [0.717, 1.165) is 0 Å². The average molecular weight is 317 g/mol. The van der Waals surface area contributed by atoms with Crippen LogP contribution in [0.5, 0.6) is 0 Å². The molecule has 0 aromatic heterocycles. The van der Waals surface area contributed by atoms with E-state index in [9.17, 15) is 27.9 Å². The molecule has 2 rings (SSSR count). The molecule has 22 heavy (non-hydrogen) atoms. The largest absolute Gasteiger partial charge is 0.464 e. The van der Waals surface area contributed by atoms with Crippen LogP contribution in [0, 0.1) is 0 Å². The number of esters is 1. The van der Waals surface area contributed by atoms with E-state index >= 15 is 0 Å². The highest BCUT2D eigenvalue weighted by molar-refractivity contribution is 6.06. The number of hydrogen-bond acceptors (Lipinski definition) is 4. The van der Waals surface area contributed by atoms with Gasteiger partial charge in [-0.05, 0) is 13.0 Å². The smallest absolute Gasteiger partial charge is 0.406 e. The number of aliphatic hydroxyl groups excluding tert-OH is 1. The molecule has 1 amide bonds. The number of alkyl halides is 3. The minimum absolute atomic E-state index is 0.0187. The lowest BCUT2D eigenvalue weighted by Crippen LogP contribution is -2.55. The van der Waals surface area contributed by atoms with E-state index in [1.165, 1.54) is 31.2 Å². The highest BCUT2D eigenvalue weighted by Crippen LogP contribution is 2.41. The number of aliphatic hydroxyl groups is 1. The molecule has 0 fully saturated rings. The number of fused-ring (bicyclic) bond motifs is 1. The molecule has 0 spiro atoms. The van der Waals surface area contributed by atoms with Gasteiger partial charge in [-0.3, -0.25) is 4.79 Å². The molecule has 1 N–H and O–H groups in total. The van der Waals surface area contributed by atoms with Crippen molar-refractivity contribution in [3.63, 3.8) is 0 Å². The molecule has 0 bridgehead atoms. The van der Waals surface area contributed by atoms with Gasteiger partial charge in [0.2, 0.25) is 0 Å². The maximum Gasteiger partial charge on any atom is 0.406 e. The van der Waals surface area contributed by atoms with Crippen LogP contribution < -0.4 is 0 Å². The van der Waals surface area contributed by atoms with E-state index < -0.39 is 36.7 Å². The lowest BCUT2D eigenvalue weighted by atomic mass is 9.90. The number of ether oxygens (including phenoxy) is 1. The van der Waals surface area contributed by atoms with Gasteiger partial charge in [-0.25, -0.2) is 4.79 Å². The predicted molar refractivity (Wildman–Crippen MR) is 68.9 cm³/mol. The number of nitrogens with zero attached hydrogens (tertiary/aromatic N) is 1. The van der Waals surface area contributed by atoms with Crippen LogP contribution in [0.4, 0.5) is 13.2 Å². The van der Waals surface area contributed by atoms with E-state index in [4.69, 9.17) is 4.74 Å². The average Bonchev–Trinajstić information content (AvgIpc) is 2.68. The van der Waals surface area contributed by atoms with Gasteiger partial charge in [0.25, 0.3) is 5.91 Å². The monoisotopic (exact) mass is 317 g/mol. The van der Waals surface area contributed by atoms with Gasteiger partial charge in [-0.2, -0.15) is 13.2 Å². The Hall–Kier alpha value is -2.09. The van der Waals surface area contributed by atoms with Crippen molar-refractivity contribution in [2.24, 2.45) is 0 Å². The number of rotatable bonds is 4. The lowest BCUT2D eigenvalue weighted by Gasteiger charge is -2.35. The van der Waals surface area contributed by atoms with Gasteiger partial charge in [-0.1, -0.05) is 18.2 Å². The molecule has 1 unspecified atom stereocenters. The second-order valence-corrected chi connectivity index (χ2v) is 4.79. The molecule has 1 aliphatic rings. The minimum Gasteiger partial charge on any atom is -0.464 e. The Balaban J connectivity index is 2.61. The maximum absolute atomic E-state index is 12.8. The highest BCUT2D eigenvalue weighted by Gasteiger charge is 2.58. The summed E-state index contributed by atoms with van der Waals surface area (Å²) in [6, 6.07) is 5.61. The van der Waals surface area contributed by atoms with Crippen LogP contribution in [0.15, 0.2) is 24.3 Å². The fourth-order valence-corrected chi connectivity index (χ4v) is 2.59. The Morgan fingerprint density at radius 3 is 2.55 bits per heavy atom. The van der Waals surface area contributed by atoms with Crippen molar-refractivity contribution in [3.05, 3.63) is 35.4 Å². The molecule has 1 atom stereocenters. The summed E-state index contributed by atoms with van der Waals surface area (Å²) in [5.74, 6) is -2.05. The van der Waals surface area contributed by atoms with Crippen molar-refractivity contribution in [3.8, 4) is 0 Å². The summed E-state index contributed by atoms with van der Waals surface area (Å²) in [7, 11) is 0. The summed E-state index contributed by atoms with van der Waals surface area (Å²) in [5, 5.41) is 9.68. The van der Waals surface area contributed by atoms with Crippen molar-refractivity contribution in [2.75, 3.05) is 19.8 Å². The first-order valence-electron chi connectivity index (χ1n) is 6.54. The van der Waals surface area contributed by atoms with Crippen LogP contribution in [-0.2, 0) is 15.1 Å². The molecular weight excluding hydrogens is 303 g/mol. The molecule has 5 nitrogen and oxygen atoms in total. The van der Waals surface area contributed by atoms with E-state index in [0.29, 0.717) is 4.90 Å². The molecule has 0 aliphatic carbocycles. The van der Waals surface area contributed by atoms with E-state index in [1.54, 1.807) is 0 Å². The van der Waals surface area contributed by atoms with E-state index in [1.807, 2.05) is 0 Å². The lowest BCUT2D eigenvalue weighted by molar-refractivity contribution is -0.174. The van der Waals surface area contributed by atoms with E-state index in [-0.39, 0.29) is 17.7 Å². The van der Waals surface area contributed by atoms with Crippen molar-refractivity contribution < 1.29 is 32.6 Å². The van der Waals surface area contributed by atoms with Crippen molar-refractivity contribution >= 4 is 11.9 Å². The Morgan fingerprint density at radius 1 is 1.36 bits per heavy atom. The summed E-state index contributed by atoms with van der Waals surface area (Å²) < 4.78 is 43.2. The molecule has 0 saturated heterocycles. The zero-order valence-electron chi connectivity index (χ0n) is 11.7. The molecule has 8 heteroatoms. The number of amides is 1. The molecule has 1 aliphatic heterocycles. The number of halogens is 3. The summed E-state index contributed by atoms with van der Waals surface area (Å²) in [4.78, 5) is 24.9. The maximum atomic E-state index is 12.8. The highest BCUT2D eigenvalue weighted by atomic mass is 19.4. The van der Waals surface area contributed by atoms with Gasteiger partial charge >= 0.3 is 12.1 Å². The third-order valence-electron chi connectivity index (χ3n) is 3.49. The third-order valence-corrected chi connectivity index (χ3v) is 3.49. The first-order valence-corrected chi connectivity index (χ1v) is 6.54. The summed E-state index contributed by atoms with van der Waals surface area (Å²) >= 11 is 0. The van der Waals surface area contributed by atoms with Crippen LogP contribution in [0.3, 0.4) is 0 Å². The number of carbonyl (C=O) groups is 2. The molecule has 1 aromatic carbocycles. The minimum atomic E-state index is -4.72. The van der Waals surface area contributed by atoms with Crippen molar-refractivity contribution in [1.82, 2.24) is 4.90 Å². The zero-order chi connectivity index (χ0) is 16.5. The molecule has 120 valence electrons. The number of benzene rings is 1. The summed E-state index contributed by atoms with van der Waals surface area (Å²) in [6.07, 6.45) is -4.72.